The Morgan fingerprint density at radius 3 is 2.31 bits per heavy atom. The minimum absolute atomic E-state index is 0.000243. The zero-order valence-corrected chi connectivity index (χ0v) is 27.1. The smallest absolute Gasteiger partial charge is 0.419 e. The van der Waals surface area contributed by atoms with Crippen LogP contribution in [-0.4, -0.2) is 52.3 Å². The van der Waals surface area contributed by atoms with Gasteiger partial charge in [-0.2, -0.15) is 26.3 Å². The van der Waals surface area contributed by atoms with Gasteiger partial charge in [0, 0.05) is 43.0 Å². The molecule has 2 atom stereocenters. The Balaban J connectivity index is 1.58. The number of ether oxygens (including phenoxy) is 1. The van der Waals surface area contributed by atoms with E-state index in [2.05, 4.69) is 5.32 Å². The molecule has 4 aromatic rings. The Morgan fingerprint density at radius 2 is 1.65 bits per heavy atom. The van der Waals surface area contributed by atoms with Crippen molar-refractivity contribution in [1.82, 2.24) is 14.8 Å². The second kappa shape index (κ2) is 13.7. The van der Waals surface area contributed by atoms with Gasteiger partial charge in [0.05, 0.1) is 23.6 Å². The maximum Gasteiger partial charge on any atom is 0.419 e. The lowest BCUT2D eigenvalue weighted by Gasteiger charge is -2.34. The van der Waals surface area contributed by atoms with E-state index >= 15 is 4.39 Å². The van der Waals surface area contributed by atoms with Gasteiger partial charge in [0.1, 0.15) is 29.5 Å². The van der Waals surface area contributed by atoms with E-state index in [0.717, 1.165) is 12.3 Å². The number of alkyl halides is 7. The zero-order valence-electron chi connectivity index (χ0n) is 27.1. The van der Waals surface area contributed by atoms with Crippen molar-refractivity contribution in [3.05, 3.63) is 116 Å². The molecule has 274 valence electrons. The van der Waals surface area contributed by atoms with Crippen LogP contribution in [0, 0.1) is 12.7 Å². The molecule has 1 fully saturated rings. The Morgan fingerprint density at radius 1 is 0.962 bits per heavy atom. The van der Waals surface area contributed by atoms with Crippen LogP contribution in [0.5, 0.6) is 11.5 Å². The van der Waals surface area contributed by atoms with E-state index < -0.39 is 82.5 Å². The highest BCUT2D eigenvalue weighted by molar-refractivity contribution is 5.85. The Kier molecular flexibility index (Phi) is 9.63. The molecule has 2 aliphatic rings. The van der Waals surface area contributed by atoms with Gasteiger partial charge in [0.25, 0.3) is 5.56 Å². The summed E-state index contributed by atoms with van der Waals surface area (Å²) < 4.78 is 122. The van der Waals surface area contributed by atoms with Crippen LogP contribution in [0.25, 0.3) is 11.1 Å². The molecule has 0 radical (unpaired) electrons. The van der Waals surface area contributed by atoms with Gasteiger partial charge in [-0.05, 0) is 65.9 Å². The maximum absolute atomic E-state index is 15.9. The summed E-state index contributed by atoms with van der Waals surface area (Å²) >= 11 is 0. The van der Waals surface area contributed by atoms with Crippen LogP contribution in [0.15, 0.2) is 71.7 Å². The monoisotopic (exact) mass is 735 g/mol. The molecule has 1 aromatic heterocycles. The van der Waals surface area contributed by atoms with Crippen molar-refractivity contribution >= 4 is 11.9 Å². The van der Waals surface area contributed by atoms with E-state index in [1.165, 1.54) is 30.3 Å². The summed E-state index contributed by atoms with van der Waals surface area (Å²) in [6, 6.07) is 7.99. The first-order valence-corrected chi connectivity index (χ1v) is 15.9. The number of nitrogens with zero attached hydrogens (tertiary/aromatic N) is 2. The summed E-state index contributed by atoms with van der Waals surface area (Å²) in [5.74, 6) is -4.72. The Labute approximate surface area is 290 Å². The molecule has 1 amide bonds. The van der Waals surface area contributed by atoms with E-state index in [4.69, 9.17) is 4.74 Å². The fraction of sp³-hybridized carbons (Fsp3) is 0.306. The van der Waals surface area contributed by atoms with Crippen LogP contribution in [0.2, 0.25) is 0 Å². The summed E-state index contributed by atoms with van der Waals surface area (Å²) in [6.07, 6.45) is -12.0. The molecule has 0 spiro atoms. The van der Waals surface area contributed by atoms with Crippen molar-refractivity contribution in [1.29, 1.82) is 0 Å². The van der Waals surface area contributed by atoms with Gasteiger partial charge in [-0.1, -0.05) is 24.3 Å². The number of carbonyl (C=O) groups excluding carboxylic acids is 1. The van der Waals surface area contributed by atoms with Crippen LogP contribution >= 0.6 is 0 Å². The molecule has 52 heavy (non-hydrogen) atoms. The van der Waals surface area contributed by atoms with Crippen LogP contribution < -0.4 is 15.6 Å². The van der Waals surface area contributed by atoms with Crippen molar-refractivity contribution < 1.29 is 54.6 Å². The quantitative estimate of drug-likeness (QED) is 0.203. The fourth-order valence-corrected chi connectivity index (χ4v) is 6.55. The Hall–Kier alpha value is -5.25. The van der Waals surface area contributed by atoms with E-state index in [-0.39, 0.29) is 54.2 Å². The number of carboxylic acids is 1. The molecule has 2 N–H and O–H groups in total. The van der Waals surface area contributed by atoms with Crippen LogP contribution in [0.4, 0.5) is 35.1 Å². The zero-order chi connectivity index (χ0) is 37.7. The second-order valence-electron chi connectivity index (χ2n) is 12.7. The highest BCUT2D eigenvalue weighted by atomic mass is 19.4. The number of fused-ring (bicyclic) bond motifs is 6. The number of benzene rings is 3. The summed E-state index contributed by atoms with van der Waals surface area (Å²) in [6.45, 7) is 1.55. The SMILES string of the molecule is Cc1cccc2c1-c1cc(c(F)c(C(F)(F)F)c1)[C@@H](CC(=O)O)NC(=O)[C@@H](n1cc(CCN3CC(F)C3)c(C(F)(F)F)cc1=O)c1cccc(c1)O2. The lowest BCUT2D eigenvalue weighted by atomic mass is 9.91. The van der Waals surface area contributed by atoms with Gasteiger partial charge in [-0.3, -0.25) is 23.9 Å². The first-order chi connectivity index (χ1) is 24.4. The number of nitrogens with one attached hydrogen (secondary N) is 1. The van der Waals surface area contributed by atoms with Crippen LogP contribution in [-0.2, 0) is 28.4 Å². The van der Waals surface area contributed by atoms with Crippen LogP contribution in [0.1, 0.15) is 51.9 Å². The maximum atomic E-state index is 15.9. The number of hydrogen-bond acceptors (Lipinski definition) is 5. The molecule has 4 bridgehead atoms. The van der Waals surface area contributed by atoms with Crippen molar-refractivity contribution in [2.75, 3.05) is 19.6 Å². The van der Waals surface area contributed by atoms with Gasteiger partial charge >= 0.3 is 18.3 Å². The van der Waals surface area contributed by atoms with Crippen LogP contribution in [0.3, 0.4) is 0 Å². The highest BCUT2D eigenvalue weighted by Gasteiger charge is 2.40. The number of aryl methyl sites for hydroxylation is 1. The minimum Gasteiger partial charge on any atom is -0.481 e. The molecule has 1 saturated heterocycles. The number of amides is 1. The summed E-state index contributed by atoms with van der Waals surface area (Å²) in [5, 5.41) is 12.0. The summed E-state index contributed by atoms with van der Waals surface area (Å²) in [7, 11) is 0. The number of hydrogen-bond donors (Lipinski definition) is 2. The largest absolute Gasteiger partial charge is 0.481 e. The number of carbonyl (C=O) groups is 2. The van der Waals surface area contributed by atoms with Gasteiger partial charge < -0.3 is 15.2 Å². The molecule has 3 aromatic carbocycles. The number of likely N-dealkylation sites (tertiary alicyclic amines) is 1. The van der Waals surface area contributed by atoms with E-state index in [1.54, 1.807) is 24.0 Å². The standard InChI is InChI=1S/C36H29F8N3O5/c1-18-4-2-7-28-31(18)21-11-24(32(38)26(12-21)36(42,43)44)27(14-30(49)50)45-34(51)33(19-5-3-6-23(10-19)52-28)47-15-20(8-9-46-16-22(37)17-46)25(13-29(47)48)35(39,40)41/h2-7,10-13,15,22,27,33H,8-9,14,16-17H2,1H3,(H,45,51)(H,49,50)/t27-,33+/m1/s1. The molecule has 16 heteroatoms. The lowest BCUT2D eigenvalue weighted by Crippen LogP contribution is -2.49. The molecule has 0 aliphatic carbocycles. The number of aliphatic carboxylic acids is 1. The molecule has 8 nitrogen and oxygen atoms in total. The second-order valence-corrected chi connectivity index (χ2v) is 12.7. The topological polar surface area (TPSA) is 101 Å². The fourth-order valence-electron chi connectivity index (χ4n) is 6.55. The molecule has 3 heterocycles. The summed E-state index contributed by atoms with van der Waals surface area (Å²) in [4.78, 5) is 41.3. The Bertz CT molecular complexity index is 2110. The van der Waals surface area contributed by atoms with Crippen molar-refractivity contribution in [2.45, 2.75) is 50.4 Å². The average molecular weight is 736 g/mol. The third kappa shape index (κ3) is 7.38. The first-order valence-electron chi connectivity index (χ1n) is 15.9. The third-order valence-corrected chi connectivity index (χ3v) is 9.01. The normalized spacial score (nSPS) is 18.2. The summed E-state index contributed by atoms with van der Waals surface area (Å²) in [5.41, 5.74) is -5.37. The molecule has 6 rings (SSSR count). The molecular formula is C36H29F8N3O5. The predicted octanol–water partition coefficient (Wildman–Crippen LogP) is 7.22. The van der Waals surface area contributed by atoms with Gasteiger partial charge in [-0.25, -0.2) is 8.78 Å². The predicted molar refractivity (Wildman–Crippen MR) is 170 cm³/mol. The van der Waals surface area contributed by atoms with Gasteiger partial charge in [0.15, 0.2) is 0 Å². The molecular weight excluding hydrogens is 706 g/mol. The molecule has 2 aliphatic heterocycles. The minimum atomic E-state index is -5.27. The number of pyridine rings is 1. The highest BCUT2D eigenvalue weighted by Crippen LogP contribution is 2.43. The van der Waals surface area contributed by atoms with Gasteiger partial charge in [0.2, 0.25) is 5.91 Å². The van der Waals surface area contributed by atoms with Crippen molar-refractivity contribution in [3.63, 3.8) is 0 Å². The van der Waals surface area contributed by atoms with Crippen molar-refractivity contribution in [2.24, 2.45) is 0 Å². The number of rotatable bonds is 6. The lowest BCUT2D eigenvalue weighted by molar-refractivity contribution is -0.140. The molecule has 0 unspecified atom stereocenters. The number of aromatic nitrogens is 1. The van der Waals surface area contributed by atoms with Gasteiger partial charge in [-0.15, -0.1) is 0 Å². The number of halogens is 8. The number of carboxylic acid groups (broad SMARTS) is 1. The third-order valence-electron chi connectivity index (χ3n) is 9.01. The van der Waals surface area contributed by atoms with E-state index in [1.807, 2.05) is 0 Å². The van der Waals surface area contributed by atoms with E-state index in [9.17, 15) is 50.2 Å². The first kappa shape index (κ1) is 36.5. The van der Waals surface area contributed by atoms with E-state index in [0.29, 0.717) is 22.3 Å². The molecule has 0 saturated carbocycles. The average Bonchev–Trinajstić information content (AvgIpc) is 3.02. The van der Waals surface area contributed by atoms with Crippen molar-refractivity contribution in [3.8, 4) is 22.6 Å².